The Kier molecular flexibility index (Phi) is 5.03. The molecular weight excluding hydrogens is 370 g/mol. The van der Waals surface area contributed by atoms with E-state index in [9.17, 15) is 14.4 Å². The van der Waals surface area contributed by atoms with E-state index in [0.29, 0.717) is 5.69 Å². The fourth-order valence-electron chi connectivity index (χ4n) is 3.77. The molecule has 1 aliphatic heterocycles. The average molecular weight is 391 g/mol. The lowest BCUT2D eigenvalue weighted by atomic mass is 9.89. The molecule has 0 fully saturated rings. The Morgan fingerprint density at radius 2 is 1.93 bits per heavy atom. The number of fused-ring (bicyclic) bond motifs is 2. The predicted octanol–water partition coefficient (Wildman–Crippen LogP) is 2.49. The summed E-state index contributed by atoms with van der Waals surface area (Å²) in [6.45, 7) is 0. The lowest BCUT2D eigenvalue weighted by Crippen LogP contribution is -2.46. The van der Waals surface area contributed by atoms with Crippen molar-refractivity contribution in [2.24, 2.45) is 0 Å². The molecule has 7 nitrogen and oxygen atoms in total. The number of ether oxygens (including phenoxy) is 1. The van der Waals surface area contributed by atoms with E-state index in [1.54, 1.807) is 12.1 Å². The van der Waals surface area contributed by atoms with Gasteiger partial charge >= 0.3 is 5.97 Å². The molecule has 0 saturated carbocycles. The van der Waals surface area contributed by atoms with Crippen LogP contribution in [-0.4, -0.2) is 35.9 Å². The normalized spacial score (nSPS) is 16.6. The highest BCUT2D eigenvalue weighted by atomic mass is 16.5. The maximum atomic E-state index is 13.0. The van der Waals surface area contributed by atoms with Crippen LogP contribution in [0.2, 0.25) is 0 Å². The highest BCUT2D eigenvalue weighted by molar-refractivity contribution is 6.01. The quantitative estimate of drug-likeness (QED) is 0.582. The summed E-state index contributed by atoms with van der Waals surface area (Å²) in [6, 6.07) is 14.1. The van der Waals surface area contributed by atoms with Gasteiger partial charge in [-0.15, -0.1) is 0 Å². The van der Waals surface area contributed by atoms with Gasteiger partial charge in [-0.1, -0.05) is 36.4 Å². The monoisotopic (exact) mass is 391 g/mol. The Morgan fingerprint density at radius 3 is 2.76 bits per heavy atom. The number of carbonyl (C=O) groups is 3. The average Bonchev–Trinajstić information content (AvgIpc) is 3.15. The van der Waals surface area contributed by atoms with Crippen LogP contribution in [0.25, 0.3) is 10.9 Å². The zero-order chi connectivity index (χ0) is 20.4. The molecule has 148 valence electrons. The Bertz CT molecular complexity index is 1090. The van der Waals surface area contributed by atoms with Gasteiger partial charge in [0.15, 0.2) is 0 Å². The molecule has 3 N–H and O–H groups in total. The predicted molar refractivity (Wildman–Crippen MR) is 108 cm³/mol. The molecule has 0 saturated heterocycles. The Balaban J connectivity index is 1.58. The van der Waals surface area contributed by atoms with Crippen molar-refractivity contribution in [1.82, 2.24) is 10.3 Å². The molecule has 4 rings (SSSR count). The third-order valence-electron chi connectivity index (χ3n) is 5.22. The SMILES string of the molecule is COC(=O)[C@@H](Cc1c[nH]c2ccccc12)NC(=O)[C@@H]1CC(=O)Nc2ccccc21. The molecule has 0 bridgehead atoms. The van der Waals surface area contributed by atoms with E-state index in [1.807, 2.05) is 42.6 Å². The summed E-state index contributed by atoms with van der Waals surface area (Å²) in [4.78, 5) is 40.6. The summed E-state index contributed by atoms with van der Waals surface area (Å²) >= 11 is 0. The van der Waals surface area contributed by atoms with E-state index in [1.165, 1.54) is 7.11 Å². The number of H-pyrrole nitrogens is 1. The molecule has 2 aromatic carbocycles. The van der Waals surface area contributed by atoms with Gasteiger partial charge in [-0.25, -0.2) is 4.79 Å². The number of para-hydroxylation sites is 2. The molecule has 7 heteroatoms. The summed E-state index contributed by atoms with van der Waals surface area (Å²) in [5, 5.41) is 6.55. The molecule has 29 heavy (non-hydrogen) atoms. The van der Waals surface area contributed by atoms with Gasteiger partial charge in [0.1, 0.15) is 6.04 Å². The molecule has 2 atom stereocenters. The number of nitrogens with one attached hydrogen (secondary N) is 3. The number of methoxy groups -OCH3 is 1. The van der Waals surface area contributed by atoms with Crippen LogP contribution in [0.4, 0.5) is 5.69 Å². The van der Waals surface area contributed by atoms with Crippen LogP contribution in [0.3, 0.4) is 0 Å². The van der Waals surface area contributed by atoms with E-state index >= 15 is 0 Å². The third kappa shape index (κ3) is 3.71. The number of aromatic amines is 1. The van der Waals surface area contributed by atoms with E-state index < -0.39 is 17.9 Å². The van der Waals surface area contributed by atoms with Gasteiger partial charge in [-0.2, -0.15) is 0 Å². The van der Waals surface area contributed by atoms with Gasteiger partial charge in [0, 0.05) is 35.6 Å². The van der Waals surface area contributed by atoms with Crippen molar-refractivity contribution in [2.75, 3.05) is 12.4 Å². The molecular formula is C22H21N3O4. The standard InChI is InChI=1S/C22H21N3O4/c1-29-22(28)19(10-13-12-23-17-8-4-2-6-14(13)17)25-21(27)16-11-20(26)24-18-9-5-3-7-15(16)18/h2-9,12,16,19,23H,10-11H2,1H3,(H,24,26)(H,25,27)/t16-,19-/m1/s1. The number of carbonyl (C=O) groups excluding carboxylic acids is 3. The van der Waals surface area contributed by atoms with Crippen LogP contribution < -0.4 is 10.6 Å². The maximum Gasteiger partial charge on any atom is 0.328 e. The van der Waals surface area contributed by atoms with Crippen LogP contribution in [-0.2, 0) is 25.5 Å². The Hall–Kier alpha value is -3.61. The van der Waals surface area contributed by atoms with Crippen LogP contribution in [0, 0.1) is 0 Å². The van der Waals surface area contributed by atoms with Gasteiger partial charge in [0.05, 0.1) is 13.0 Å². The first-order chi connectivity index (χ1) is 14.1. The van der Waals surface area contributed by atoms with Crippen molar-refractivity contribution >= 4 is 34.4 Å². The number of rotatable bonds is 5. The number of anilines is 1. The third-order valence-corrected chi connectivity index (χ3v) is 5.22. The minimum absolute atomic E-state index is 0.0316. The zero-order valence-electron chi connectivity index (χ0n) is 15.9. The summed E-state index contributed by atoms with van der Waals surface area (Å²) in [6.07, 6.45) is 2.14. The summed E-state index contributed by atoms with van der Waals surface area (Å²) in [5.74, 6) is -1.79. The molecule has 1 aliphatic rings. The number of benzene rings is 2. The van der Waals surface area contributed by atoms with Gasteiger partial charge < -0.3 is 20.4 Å². The first-order valence-electron chi connectivity index (χ1n) is 9.39. The van der Waals surface area contributed by atoms with E-state index in [4.69, 9.17) is 4.74 Å². The van der Waals surface area contributed by atoms with Gasteiger partial charge in [-0.3, -0.25) is 9.59 Å². The molecule has 0 unspecified atom stereocenters. The number of aromatic nitrogens is 1. The van der Waals surface area contributed by atoms with Crippen molar-refractivity contribution in [3.05, 3.63) is 65.9 Å². The van der Waals surface area contributed by atoms with Crippen LogP contribution in [0.15, 0.2) is 54.7 Å². The van der Waals surface area contributed by atoms with Crippen molar-refractivity contribution in [2.45, 2.75) is 24.8 Å². The Labute approximate surface area is 167 Å². The first kappa shape index (κ1) is 18.7. The van der Waals surface area contributed by atoms with Gasteiger partial charge in [-0.05, 0) is 23.3 Å². The van der Waals surface area contributed by atoms with Crippen molar-refractivity contribution in [3.63, 3.8) is 0 Å². The summed E-state index contributed by atoms with van der Waals surface area (Å²) < 4.78 is 4.91. The minimum atomic E-state index is -0.858. The van der Waals surface area contributed by atoms with Crippen molar-refractivity contribution in [3.8, 4) is 0 Å². The number of hydrogen-bond donors (Lipinski definition) is 3. The maximum absolute atomic E-state index is 13.0. The smallest absolute Gasteiger partial charge is 0.328 e. The van der Waals surface area contributed by atoms with Crippen molar-refractivity contribution in [1.29, 1.82) is 0 Å². The highest BCUT2D eigenvalue weighted by Crippen LogP contribution is 2.32. The number of hydrogen-bond acceptors (Lipinski definition) is 4. The molecule has 3 aromatic rings. The van der Waals surface area contributed by atoms with Gasteiger partial charge in [0.2, 0.25) is 11.8 Å². The highest BCUT2D eigenvalue weighted by Gasteiger charge is 2.33. The van der Waals surface area contributed by atoms with Crippen molar-refractivity contribution < 1.29 is 19.1 Å². The molecule has 2 heterocycles. The van der Waals surface area contributed by atoms with Gasteiger partial charge in [0.25, 0.3) is 0 Å². The van der Waals surface area contributed by atoms with Crippen LogP contribution in [0.5, 0.6) is 0 Å². The molecule has 1 aromatic heterocycles. The van der Waals surface area contributed by atoms with E-state index in [2.05, 4.69) is 15.6 Å². The van der Waals surface area contributed by atoms with E-state index in [-0.39, 0.29) is 24.7 Å². The summed E-state index contributed by atoms with van der Waals surface area (Å²) in [7, 11) is 1.29. The largest absolute Gasteiger partial charge is 0.467 e. The summed E-state index contributed by atoms with van der Waals surface area (Å²) in [5.41, 5.74) is 3.21. The minimum Gasteiger partial charge on any atom is -0.467 e. The second kappa shape index (κ2) is 7.79. The second-order valence-electron chi connectivity index (χ2n) is 7.04. The molecule has 0 radical (unpaired) electrons. The fourth-order valence-corrected chi connectivity index (χ4v) is 3.77. The van der Waals surface area contributed by atoms with Crippen LogP contribution in [0.1, 0.15) is 23.5 Å². The molecule has 2 amide bonds. The second-order valence-corrected chi connectivity index (χ2v) is 7.04. The Morgan fingerprint density at radius 1 is 1.17 bits per heavy atom. The fraction of sp³-hybridized carbons (Fsp3) is 0.227. The first-order valence-corrected chi connectivity index (χ1v) is 9.39. The lowest BCUT2D eigenvalue weighted by molar-refractivity contribution is -0.145. The molecule has 0 spiro atoms. The molecule has 0 aliphatic carbocycles. The number of esters is 1. The topological polar surface area (TPSA) is 100 Å². The zero-order valence-corrected chi connectivity index (χ0v) is 15.9. The van der Waals surface area contributed by atoms with E-state index in [0.717, 1.165) is 22.0 Å². The lowest BCUT2D eigenvalue weighted by Gasteiger charge is -2.26. The van der Waals surface area contributed by atoms with Crippen LogP contribution >= 0.6 is 0 Å². The number of amides is 2.